The van der Waals surface area contributed by atoms with E-state index in [0.717, 1.165) is 17.7 Å². The van der Waals surface area contributed by atoms with E-state index < -0.39 is 5.82 Å². The Labute approximate surface area is 186 Å². The zero-order valence-corrected chi connectivity index (χ0v) is 17.8. The van der Waals surface area contributed by atoms with Crippen LogP contribution in [0.25, 0.3) is 0 Å². The Morgan fingerprint density at radius 2 is 1.97 bits per heavy atom. The summed E-state index contributed by atoms with van der Waals surface area (Å²) in [5.41, 5.74) is 2.05. The van der Waals surface area contributed by atoms with E-state index in [1.165, 1.54) is 13.2 Å². The van der Waals surface area contributed by atoms with Gasteiger partial charge < -0.3 is 14.4 Å². The number of benzene rings is 2. The number of nitrogens with zero attached hydrogens (tertiary/aromatic N) is 4. The highest BCUT2D eigenvalue weighted by Crippen LogP contribution is 2.28. The molecular weight excluding hydrogens is 411 g/mol. The first-order valence-corrected chi connectivity index (χ1v) is 10.4. The van der Waals surface area contributed by atoms with E-state index in [0.29, 0.717) is 37.6 Å². The van der Waals surface area contributed by atoms with Gasteiger partial charge >= 0.3 is 0 Å². The van der Waals surface area contributed by atoms with Crippen LogP contribution in [0.2, 0.25) is 0 Å². The first kappa shape index (κ1) is 21.8. The minimum atomic E-state index is -0.531. The lowest BCUT2D eigenvalue weighted by Crippen LogP contribution is -2.59. The lowest BCUT2D eigenvalue weighted by atomic mass is 10.0. The summed E-state index contributed by atoms with van der Waals surface area (Å²) in [5, 5.41) is 18.2. The van der Waals surface area contributed by atoms with Gasteiger partial charge in [-0.15, -0.1) is 0 Å². The van der Waals surface area contributed by atoms with E-state index in [-0.39, 0.29) is 30.0 Å². The highest BCUT2D eigenvalue weighted by molar-refractivity contribution is 5.79. The Morgan fingerprint density at radius 1 is 1.16 bits per heavy atom. The van der Waals surface area contributed by atoms with Crippen LogP contribution >= 0.6 is 0 Å². The van der Waals surface area contributed by atoms with Crippen LogP contribution in [0, 0.1) is 28.5 Å². The smallest absolute Gasteiger partial charge is 0.227 e. The summed E-state index contributed by atoms with van der Waals surface area (Å²) in [6.07, 6.45) is 0.0115. The Bertz CT molecular complexity index is 1110. The molecule has 2 saturated heterocycles. The van der Waals surface area contributed by atoms with Gasteiger partial charge in [0.1, 0.15) is 23.7 Å². The molecule has 164 valence electrons. The fraction of sp³-hybridized carbons (Fsp3) is 0.375. The van der Waals surface area contributed by atoms with Crippen LogP contribution in [0.4, 0.5) is 4.39 Å². The number of halogens is 1. The highest BCUT2D eigenvalue weighted by Gasteiger charge is 2.35. The molecule has 0 aromatic heterocycles. The number of piperazine rings is 1. The average Bonchev–Trinajstić information content (AvgIpc) is 2.83. The molecule has 0 bridgehead atoms. The Kier molecular flexibility index (Phi) is 6.36. The third kappa shape index (κ3) is 4.43. The van der Waals surface area contributed by atoms with Crippen molar-refractivity contribution in [2.45, 2.75) is 18.6 Å². The number of fused-ring (bicyclic) bond motifs is 1. The molecule has 4 rings (SSSR count). The van der Waals surface area contributed by atoms with Gasteiger partial charge in [-0.1, -0.05) is 12.1 Å². The number of amides is 1. The summed E-state index contributed by atoms with van der Waals surface area (Å²) in [7, 11) is 1.50. The second kappa shape index (κ2) is 9.35. The SMILES string of the molecule is COc1cc(CC(=O)N2CCN3C[C@@H](c4ccc(F)c(C#N)c4)OC[C@@H]3C2)ccc1C#N. The summed E-state index contributed by atoms with van der Waals surface area (Å²) in [5.74, 6) is -0.0395. The number of nitriles is 2. The molecule has 32 heavy (non-hydrogen) atoms. The number of ether oxygens (including phenoxy) is 2. The summed E-state index contributed by atoms with van der Waals surface area (Å²) in [4.78, 5) is 17.0. The van der Waals surface area contributed by atoms with Crippen molar-refractivity contribution in [3.8, 4) is 17.9 Å². The molecule has 8 heteroatoms. The third-order valence-corrected chi connectivity index (χ3v) is 6.07. The van der Waals surface area contributed by atoms with E-state index >= 15 is 0 Å². The third-order valence-electron chi connectivity index (χ3n) is 6.07. The van der Waals surface area contributed by atoms with Gasteiger partial charge in [0.15, 0.2) is 0 Å². The fourth-order valence-electron chi connectivity index (χ4n) is 4.27. The highest BCUT2D eigenvalue weighted by atomic mass is 19.1. The quantitative estimate of drug-likeness (QED) is 0.734. The maximum atomic E-state index is 13.6. The van der Waals surface area contributed by atoms with Gasteiger partial charge in [-0.05, 0) is 35.4 Å². The van der Waals surface area contributed by atoms with Gasteiger partial charge in [0.05, 0.1) is 43.4 Å². The number of methoxy groups -OCH3 is 1. The molecule has 0 aliphatic carbocycles. The van der Waals surface area contributed by atoms with Crippen molar-refractivity contribution in [3.63, 3.8) is 0 Å². The van der Waals surface area contributed by atoms with Gasteiger partial charge in [0, 0.05) is 26.2 Å². The summed E-state index contributed by atoms with van der Waals surface area (Å²) >= 11 is 0. The van der Waals surface area contributed by atoms with Gasteiger partial charge in [-0.2, -0.15) is 10.5 Å². The van der Waals surface area contributed by atoms with Gasteiger partial charge in [0.25, 0.3) is 0 Å². The van der Waals surface area contributed by atoms with E-state index in [2.05, 4.69) is 11.0 Å². The number of carbonyl (C=O) groups excluding carboxylic acids is 1. The maximum absolute atomic E-state index is 13.6. The molecular formula is C24H23FN4O3. The van der Waals surface area contributed by atoms with E-state index in [4.69, 9.17) is 20.0 Å². The van der Waals surface area contributed by atoms with Crippen molar-refractivity contribution in [1.82, 2.24) is 9.80 Å². The van der Waals surface area contributed by atoms with Gasteiger partial charge in [-0.25, -0.2) is 4.39 Å². The second-order valence-corrected chi connectivity index (χ2v) is 7.98. The molecule has 0 saturated carbocycles. The zero-order valence-electron chi connectivity index (χ0n) is 17.8. The van der Waals surface area contributed by atoms with Crippen molar-refractivity contribution in [2.75, 3.05) is 39.9 Å². The van der Waals surface area contributed by atoms with Crippen molar-refractivity contribution in [2.24, 2.45) is 0 Å². The number of hydrogen-bond acceptors (Lipinski definition) is 6. The Morgan fingerprint density at radius 3 is 2.72 bits per heavy atom. The Balaban J connectivity index is 1.37. The number of morpholine rings is 1. The van der Waals surface area contributed by atoms with Crippen LogP contribution in [-0.2, 0) is 16.0 Å². The monoisotopic (exact) mass is 434 g/mol. The molecule has 0 N–H and O–H groups in total. The summed E-state index contributed by atoms with van der Waals surface area (Å²) < 4.78 is 24.9. The number of carbonyl (C=O) groups is 1. The average molecular weight is 434 g/mol. The molecule has 2 fully saturated rings. The van der Waals surface area contributed by atoms with Crippen LogP contribution in [-0.4, -0.2) is 61.6 Å². The molecule has 2 aliphatic heterocycles. The molecule has 2 atom stereocenters. The van der Waals surface area contributed by atoms with Crippen LogP contribution in [0.3, 0.4) is 0 Å². The summed E-state index contributed by atoms with van der Waals surface area (Å²) in [6, 6.07) is 13.7. The standard InChI is InChI=1S/C24H23FN4O3/c1-31-22-8-16(2-3-18(22)11-26)9-24(30)29-7-6-28-14-23(32-15-20(28)13-29)17-4-5-21(25)19(10-17)12-27/h2-5,8,10,20,23H,6-7,9,13-15H2,1H3/t20-,23-/m0/s1. The molecule has 0 unspecified atom stereocenters. The minimum absolute atomic E-state index is 0.0167. The van der Waals surface area contributed by atoms with Gasteiger partial charge in [0.2, 0.25) is 5.91 Å². The molecule has 0 spiro atoms. The number of hydrogen-bond donors (Lipinski definition) is 0. The first-order valence-electron chi connectivity index (χ1n) is 10.4. The minimum Gasteiger partial charge on any atom is -0.495 e. The van der Waals surface area contributed by atoms with Crippen molar-refractivity contribution in [3.05, 3.63) is 64.5 Å². The molecule has 1 amide bonds. The topological polar surface area (TPSA) is 89.6 Å². The van der Waals surface area contributed by atoms with Crippen LogP contribution in [0.1, 0.15) is 28.4 Å². The van der Waals surface area contributed by atoms with Crippen LogP contribution in [0.5, 0.6) is 5.75 Å². The lowest BCUT2D eigenvalue weighted by Gasteiger charge is -2.46. The second-order valence-electron chi connectivity index (χ2n) is 7.98. The van der Waals surface area contributed by atoms with Crippen molar-refractivity contribution >= 4 is 5.91 Å². The van der Waals surface area contributed by atoms with Crippen LogP contribution < -0.4 is 4.74 Å². The largest absolute Gasteiger partial charge is 0.495 e. The van der Waals surface area contributed by atoms with E-state index in [1.807, 2.05) is 11.0 Å². The van der Waals surface area contributed by atoms with Crippen molar-refractivity contribution in [1.29, 1.82) is 10.5 Å². The normalized spacial score (nSPS) is 20.7. The number of rotatable bonds is 4. The van der Waals surface area contributed by atoms with Crippen LogP contribution in [0.15, 0.2) is 36.4 Å². The molecule has 2 aromatic carbocycles. The summed E-state index contributed by atoms with van der Waals surface area (Å²) in [6.45, 7) is 3.00. The maximum Gasteiger partial charge on any atom is 0.227 e. The Hall–Kier alpha value is -3.46. The molecule has 0 radical (unpaired) electrons. The predicted octanol–water partition coefficient (Wildman–Crippen LogP) is 2.40. The van der Waals surface area contributed by atoms with E-state index in [1.54, 1.807) is 30.3 Å². The molecule has 2 aliphatic rings. The molecule has 7 nitrogen and oxygen atoms in total. The first-order chi connectivity index (χ1) is 15.5. The van der Waals surface area contributed by atoms with E-state index in [9.17, 15) is 9.18 Å². The molecule has 2 heterocycles. The van der Waals surface area contributed by atoms with Gasteiger partial charge in [-0.3, -0.25) is 9.69 Å². The molecule has 2 aromatic rings. The predicted molar refractivity (Wildman–Crippen MR) is 113 cm³/mol. The fourth-order valence-corrected chi connectivity index (χ4v) is 4.27. The van der Waals surface area contributed by atoms with Crippen molar-refractivity contribution < 1.29 is 18.7 Å². The lowest BCUT2D eigenvalue weighted by molar-refractivity contribution is -0.139. The zero-order chi connectivity index (χ0) is 22.7.